The van der Waals surface area contributed by atoms with Gasteiger partial charge in [0.25, 0.3) is 0 Å². The molecule has 1 aromatic rings. The molecular weight excluding hydrogens is 421 g/mol. The zero-order valence-electron chi connectivity index (χ0n) is 14.1. The minimum absolute atomic E-state index is 0.0253. The van der Waals surface area contributed by atoms with Crippen LogP contribution in [0, 0.1) is 5.92 Å². The molecule has 24 heavy (non-hydrogen) atoms. The van der Waals surface area contributed by atoms with Crippen molar-refractivity contribution in [2.24, 2.45) is 11.7 Å². The van der Waals surface area contributed by atoms with Crippen LogP contribution in [0.25, 0.3) is 0 Å². The highest BCUT2D eigenvalue weighted by Gasteiger charge is 2.28. The van der Waals surface area contributed by atoms with Crippen molar-refractivity contribution in [3.05, 3.63) is 29.8 Å². The minimum atomic E-state index is -0.210. The average Bonchev–Trinajstić information content (AvgIpc) is 2.58. The van der Waals surface area contributed by atoms with Gasteiger partial charge in [0.2, 0.25) is 0 Å². The van der Waals surface area contributed by atoms with Gasteiger partial charge in [0.15, 0.2) is 0 Å². The SMILES string of the molecule is CC(=O)O[C@@H]1CCCC[C@@H]1COc1cccc([C@@H](CCN)OI)c1. The summed E-state index contributed by atoms with van der Waals surface area (Å²) in [6.07, 6.45) is 4.94. The standard InChI is InChI=1S/C18H26INO4/c1-13(21)23-17-8-3-2-5-15(17)12-22-16-7-4-6-14(11-16)18(24-19)9-10-20/h4,6-7,11,15,17-18H,2-3,5,8-10,12,20H2,1H3/t15-,17-,18-/m1/s1. The Hall–Kier alpha value is -0.860. The van der Waals surface area contributed by atoms with Crippen LogP contribution in [0.15, 0.2) is 24.3 Å². The summed E-state index contributed by atoms with van der Waals surface area (Å²) in [4.78, 5) is 11.3. The molecule has 0 saturated heterocycles. The lowest BCUT2D eigenvalue weighted by atomic mass is 9.87. The highest BCUT2D eigenvalue weighted by atomic mass is 127. The predicted octanol–water partition coefficient (Wildman–Crippen LogP) is 3.94. The lowest BCUT2D eigenvalue weighted by Crippen LogP contribution is -2.33. The fourth-order valence-corrected chi connectivity index (χ4v) is 3.70. The van der Waals surface area contributed by atoms with Gasteiger partial charge in [0.05, 0.1) is 12.7 Å². The summed E-state index contributed by atoms with van der Waals surface area (Å²) in [5, 5.41) is 0. The number of hydrogen-bond acceptors (Lipinski definition) is 5. The van der Waals surface area contributed by atoms with E-state index < -0.39 is 0 Å². The van der Waals surface area contributed by atoms with Crippen LogP contribution < -0.4 is 10.5 Å². The van der Waals surface area contributed by atoms with E-state index in [-0.39, 0.29) is 24.1 Å². The first-order chi connectivity index (χ1) is 11.6. The molecule has 0 aromatic heterocycles. The summed E-state index contributed by atoms with van der Waals surface area (Å²) < 4.78 is 16.9. The zero-order chi connectivity index (χ0) is 17.4. The van der Waals surface area contributed by atoms with Crippen LogP contribution in [0.2, 0.25) is 0 Å². The van der Waals surface area contributed by atoms with Gasteiger partial charge in [-0.2, -0.15) is 0 Å². The molecule has 0 bridgehead atoms. The molecule has 1 saturated carbocycles. The maximum Gasteiger partial charge on any atom is 0.302 e. The normalized spacial score (nSPS) is 22.0. The van der Waals surface area contributed by atoms with Crippen LogP contribution in [0.3, 0.4) is 0 Å². The van der Waals surface area contributed by atoms with E-state index in [9.17, 15) is 4.79 Å². The maximum atomic E-state index is 11.3. The quantitative estimate of drug-likeness (QED) is 0.483. The molecule has 0 unspecified atom stereocenters. The van der Waals surface area contributed by atoms with E-state index in [4.69, 9.17) is 18.3 Å². The van der Waals surface area contributed by atoms with Gasteiger partial charge in [-0.25, -0.2) is 0 Å². The Morgan fingerprint density at radius 1 is 1.38 bits per heavy atom. The van der Waals surface area contributed by atoms with Crippen molar-refractivity contribution in [3.8, 4) is 5.75 Å². The van der Waals surface area contributed by atoms with Crippen LogP contribution in [0.1, 0.15) is 50.7 Å². The molecule has 0 heterocycles. The Kier molecular flexibility index (Phi) is 8.28. The van der Waals surface area contributed by atoms with E-state index in [1.165, 1.54) is 6.92 Å². The third kappa shape index (κ3) is 5.89. The van der Waals surface area contributed by atoms with Gasteiger partial charge in [0.1, 0.15) is 34.9 Å². The number of ether oxygens (including phenoxy) is 2. The molecule has 3 atom stereocenters. The van der Waals surface area contributed by atoms with Gasteiger partial charge in [-0.3, -0.25) is 4.79 Å². The smallest absolute Gasteiger partial charge is 0.302 e. The van der Waals surface area contributed by atoms with Crippen LogP contribution in [-0.2, 0) is 12.6 Å². The predicted molar refractivity (Wildman–Crippen MR) is 101 cm³/mol. The largest absolute Gasteiger partial charge is 0.493 e. The van der Waals surface area contributed by atoms with Gasteiger partial charge in [0, 0.05) is 12.8 Å². The number of benzene rings is 1. The van der Waals surface area contributed by atoms with Crippen molar-refractivity contribution in [2.75, 3.05) is 13.2 Å². The molecule has 6 heteroatoms. The fourth-order valence-electron chi connectivity index (χ4n) is 3.15. The molecule has 2 N–H and O–H groups in total. The van der Waals surface area contributed by atoms with Gasteiger partial charge in [-0.1, -0.05) is 18.6 Å². The van der Waals surface area contributed by atoms with Crippen LogP contribution in [0.4, 0.5) is 0 Å². The summed E-state index contributed by atoms with van der Waals surface area (Å²) in [6, 6.07) is 7.94. The summed E-state index contributed by atoms with van der Waals surface area (Å²) in [7, 11) is 0. The first-order valence-electron chi connectivity index (χ1n) is 8.51. The molecule has 134 valence electrons. The number of esters is 1. The Morgan fingerprint density at radius 3 is 2.88 bits per heavy atom. The zero-order valence-corrected chi connectivity index (χ0v) is 16.2. The van der Waals surface area contributed by atoms with Gasteiger partial charge in [-0.05, 0) is 49.9 Å². The number of nitrogens with two attached hydrogens (primary N) is 1. The van der Waals surface area contributed by atoms with E-state index in [0.717, 1.165) is 43.4 Å². The number of halogens is 1. The van der Waals surface area contributed by atoms with E-state index in [2.05, 4.69) is 0 Å². The topological polar surface area (TPSA) is 70.8 Å². The van der Waals surface area contributed by atoms with Crippen molar-refractivity contribution in [1.29, 1.82) is 0 Å². The molecule has 1 aromatic carbocycles. The second-order valence-electron chi connectivity index (χ2n) is 6.23. The summed E-state index contributed by atoms with van der Waals surface area (Å²) >= 11 is 1.91. The highest BCUT2D eigenvalue weighted by Crippen LogP contribution is 2.30. The number of rotatable bonds is 8. The van der Waals surface area contributed by atoms with Crippen molar-refractivity contribution in [3.63, 3.8) is 0 Å². The van der Waals surface area contributed by atoms with E-state index in [1.54, 1.807) is 0 Å². The Balaban J connectivity index is 1.96. The highest BCUT2D eigenvalue weighted by molar-refractivity contribution is 14.1. The Bertz CT molecular complexity index is 525. The summed E-state index contributed by atoms with van der Waals surface area (Å²) in [5.74, 6) is 0.861. The van der Waals surface area contributed by atoms with Crippen LogP contribution >= 0.6 is 23.0 Å². The van der Waals surface area contributed by atoms with Gasteiger partial charge in [-0.15, -0.1) is 0 Å². The molecule has 1 aliphatic rings. The second-order valence-corrected chi connectivity index (χ2v) is 6.74. The van der Waals surface area contributed by atoms with E-state index >= 15 is 0 Å². The molecular formula is C18H26INO4. The molecule has 0 amide bonds. The molecule has 0 spiro atoms. The summed E-state index contributed by atoms with van der Waals surface area (Å²) in [5.41, 5.74) is 6.70. The fraction of sp³-hybridized carbons (Fsp3) is 0.611. The monoisotopic (exact) mass is 447 g/mol. The van der Waals surface area contributed by atoms with Crippen molar-refractivity contribution < 1.29 is 17.3 Å². The van der Waals surface area contributed by atoms with E-state index in [1.807, 2.05) is 47.3 Å². The molecule has 1 fully saturated rings. The van der Waals surface area contributed by atoms with Crippen LogP contribution in [0.5, 0.6) is 5.75 Å². The average molecular weight is 447 g/mol. The first-order valence-corrected chi connectivity index (χ1v) is 9.39. The van der Waals surface area contributed by atoms with Crippen molar-refractivity contribution in [1.82, 2.24) is 0 Å². The third-order valence-electron chi connectivity index (χ3n) is 4.39. The Morgan fingerprint density at radius 2 is 2.17 bits per heavy atom. The number of carbonyl (C=O) groups excluding carboxylic acids is 1. The second kappa shape index (κ2) is 10.2. The maximum absolute atomic E-state index is 11.3. The molecule has 0 radical (unpaired) electrons. The molecule has 0 aliphatic heterocycles. The number of hydrogen-bond donors (Lipinski definition) is 1. The summed E-state index contributed by atoms with van der Waals surface area (Å²) in [6.45, 7) is 2.61. The lowest BCUT2D eigenvalue weighted by Gasteiger charge is -2.30. The van der Waals surface area contributed by atoms with Crippen molar-refractivity contribution in [2.45, 2.75) is 51.2 Å². The minimum Gasteiger partial charge on any atom is -0.493 e. The van der Waals surface area contributed by atoms with Gasteiger partial charge >= 0.3 is 5.97 Å². The van der Waals surface area contributed by atoms with Crippen molar-refractivity contribution >= 4 is 29.0 Å². The third-order valence-corrected chi connectivity index (χ3v) is 5.00. The molecule has 2 rings (SSSR count). The van der Waals surface area contributed by atoms with E-state index in [0.29, 0.717) is 13.2 Å². The van der Waals surface area contributed by atoms with Crippen LogP contribution in [-0.4, -0.2) is 25.2 Å². The number of carbonyl (C=O) groups is 1. The first kappa shape index (κ1) is 19.5. The lowest BCUT2D eigenvalue weighted by molar-refractivity contribution is -0.151. The Labute approximate surface area is 157 Å². The molecule has 1 aliphatic carbocycles. The van der Waals surface area contributed by atoms with Gasteiger partial charge < -0.3 is 18.3 Å². The molecule has 5 nitrogen and oxygen atoms in total.